The van der Waals surface area contributed by atoms with E-state index in [1.54, 1.807) is 0 Å². The number of hydrogen-bond acceptors (Lipinski definition) is 2. The molecule has 0 fully saturated rings. The van der Waals surface area contributed by atoms with Crippen molar-refractivity contribution in [2.75, 3.05) is 10.6 Å². The predicted octanol–water partition coefficient (Wildman–Crippen LogP) is 3.59. The van der Waals surface area contributed by atoms with E-state index in [4.69, 9.17) is 0 Å². The summed E-state index contributed by atoms with van der Waals surface area (Å²) in [5.74, 6) is -2.23. The molecule has 0 atom stereocenters. The molecule has 3 aromatic rings. The number of amides is 2. The van der Waals surface area contributed by atoms with Crippen LogP contribution in [-0.2, 0) is 0 Å². The highest BCUT2D eigenvalue weighted by Crippen LogP contribution is 2.16. The summed E-state index contributed by atoms with van der Waals surface area (Å²) < 4.78 is 39.4. The number of halogens is 3. The molecule has 0 saturated heterocycles. The van der Waals surface area contributed by atoms with E-state index in [2.05, 4.69) is 15.6 Å². The van der Waals surface area contributed by atoms with Crippen LogP contribution in [0, 0.1) is 17.5 Å². The monoisotopic (exact) mass is 333 g/mol. The quantitative estimate of drug-likeness (QED) is 0.670. The number of pyridine rings is 1. The second-order valence-corrected chi connectivity index (χ2v) is 4.94. The fourth-order valence-electron chi connectivity index (χ4n) is 2.15. The lowest BCUT2D eigenvalue weighted by Crippen LogP contribution is -2.22. The lowest BCUT2D eigenvalue weighted by Gasteiger charge is -2.09. The Labute approximate surface area is 133 Å². The van der Waals surface area contributed by atoms with Gasteiger partial charge in [-0.2, -0.15) is 0 Å². The van der Waals surface area contributed by atoms with Gasteiger partial charge in [-0.05, 0) is 30.3 Å². The third kappa shape index (κ3) is 3.22. The maximum atomic E-state index is 13.5. The molecule has 0 radical (unpaired) electrons. The van der Waals surface area contributed by atoms with E-state index in [9.17, 15) is 22.8 Å². The Balaban J connectivity index is 1.83. The molecule has 5 nitrogen and oxygen atoms in total. The number of hydrogen-bond donors (Lipinski definition) is 3. The van der Waals surface area contributed by atoms with Gasteiger partial charge in [-0.1, -0.05) is 0 Å². The molecule has 8 heteroatoms. The van der Waals surface area contributed by atoms with Crippen molar-refractivity contribution >= 4 is 28.4 Å². The van der Waals surface area contributed by atoms with Gasteiger partial charge in [0.05, 0.1) is 11.2 Å². The zero-order valence-electron chi connectivity index (χ0n) is 12.0. The first kappa shape index (κ1) is 15.6. The van der Waals surface area contributed by atoms with Crippen LogP contribution in [0.5, 0.6) is 0 Å². The van der Waals surface area contributed by atoms with Crippen molar-refractivity contribution in [3.63, 3.8) is 0 Å². The van der Waals surface area contributed by atoms with Crippen molar-refractivity contribution in [2.45, 2.75) is 0 Å². The minimum atomic E-state index is -0.937. The van der Waals surface area contributed by atoms with E-state index < -0.39 is 28.9 Å². The van der Waals surface area contributed by atoms with E-state index in [1.165, 1.54) is 6.07 Å². The van der Waals surface area contributed by atoms with Crippen molar-refractivity contribution in [1.82, 2.24) is 4.98 Å². The zero-order valence-corrected chi connectivity index (χ0v) is 12.0. The summed E-state index contributed by atoms with van der Waals surface area (Å²) in [7, 11) is 0. The normalized spacial score (nSPS) is 10.6. The van der Waals surface area contributed by atoms with Gasteiger partial charge in [-0.15, -0.1) is 0 Å². The highest BCUT2D eigenvalue weighted by molar-refractivity contribution is 5.99. The van der Waals surface area contributed by atoms with E-state index in [0.717, 1.165) is 30.3 Å². The molecule has 0 aliphatic rings. The van der Waals surface area contributed by atoms with Crippen molar-refractivity contribution in [3.8, 4) is 0 Å². The summed E-state index contributed by atoms with van der Waals surface area (Å²) in [6, 6.07) is 6.51. The summed E-state index contributed by atoms with van der Waals surface area (Å²) in [5.41, 5.74) is -0.391. The predicted molar refractivity (Wildman–Crippen MR) is 83.5 cm³/mol. The van der Waals surface area contributed by atoms with Crippen LogP contribution in [0.4, 0.5) is 29.5 Å². The largest absolute Gasteiger partial charge is 0.341 e. The van der Waals surface area contributed by atoms with Gasteiger partial charge >= 0.3 is 6.03 Å². The van der Waals surface area contributed by atoms with Crippen LogP contribution in [0.3, 0.4) is 0 Å². The van der Waals surface area contributed by atoms with Crippen LogP contribution >= 0.6 is 0 Å². The molecule has 0 unspecified atom stereocenters. The molecule has 0 aliphatic heterocycles. The Morgan fingerprint density at radius 1 is 0.917 bits per heavy atom. The number of benzene rings is 2. The fraction of sp³-hybridized carbons (Fsp3) is 0. The van der Waals surface area contributed by atoms with Gasteiger partial charge in [0, 0.05) is 17.5 Å². The van der Waals surface area contributed by atoms with Crippen LogP contribution in [0.15, 0.2) is 47.3 Å². The maximum absolute atomic E-state index is 13.5. The first-order chi connectivity index (χ1) is 11.4. The molecule has 0 saturated carbocycles. The summed E-state index contributed by atoms with van der Waals surface area (Å²) in [6.45, 7) is 0. The molecule has 0 bridgehead atoms. The number of aromatic nitrogens is 1. The minimum Gasteiger partial charge on any atom is -0.341 e. The summed E-state index contributed by atoms with van der Waals surface area (Å²) in [5, 5.41) is 4.64. The number of carbonyl (C=O) groups is 1. The molecule has 24 heavy (non-hydrogen) atoms. The van der Waals surface area contributed by atoms with Gasteiger partial charge in [0.2, 0.25) is 0 Å². The average Bonchev–Trinajstić information content (AvgIpc) is 2.51. The number of anilines is 2. The van der Waals surface area contributed by atoms with Gasteiger partial charge < -0.3 is 10.3 Å². The van der Waals surface area contributed by atoms with Crippen LogP contribution in [-0.4, -0.2) is 11.0 Å². The average molecular weight is 333 g/mol. The third-order valence-corrected chi connectivity index (χ3v) is 3.22. The zero-order chi connectivity index (χ0) is 17.3. The van der Waals surface area contributed by atoms with Crippen LogP contribution in [0.2, 0.25) is 0 Å². The fourth-order valence-corrected chi connectivity index (χ4v) is 2.15. The lowest BCUT2D eigenvalue weighted by molar-refractivity contribution is 0.262. The highest BCUT2D eigenvalue weighted by atomic mass is 19.1. The highest BCUT2D eigenvalue weighted by Gasteiger charge is 2.10. The molecule has 0 spiro atoms. The molecule has 3 N–H and O–H groups in total. The number of nitrogens with one attached hydrogen (secondary N) is 3. The van der Waals surface area contributed by atoms with Gasteiger partial charge in [-0.25, -0.2) is 18.0 Å². The van der Waals surface area contributed by atoms with Crippen molar-refractivity contribution in [1.29, 1.82) is 0 Å². The van der Waals surface area contributed by atoms with Gasteiger partial charge in [-0.3, -0.25) is 10.1 Å². The van der Waals surface area contributed by atoms with Gasteiger partial charge in [0.15, 0.2) is 5.43 Å². The second kappa shape index (κ2) is 6.07. The lowest BCUT2D eigenvalue weighted by atomic mass is 10.2. The van der Waals surface area contributed by atoms with E-state index in [-0.39, 0.29) is 16.9 Å². The number of fused-ring (bicyclic) bond motifs is 1. The standard InChI is InChI=1S/C16H10F3N3O2/c17-8-1-3-12-10(5-8)14(23)7-15(20-12)22-16(24)21-13-4-2-9(18)6-11(13)19/h1-7H,(H3,20,21,22,23,24). The van der Waals surface area contributed by atoms with Gasteiger partial charge in [0.1, 0.15) is 23.3 Å². The Morgan fingerprint density at radius 3 is 2.38 bits per heavy atom. The second-order valence-electron chi connectivity index (χ2n) is 4.94. The number of urea groups is 1. The molecule has 3 rings (SSSR count). The molecule has 2 amide bonds. The molecule has 1 heterocycles. The van der Waals surface area contributed by atoms with Crippen LogP contribution < -0.4 is 16.1 Å². The van der Waals surface area contributed by atoms with E-state index in [0.29, 0.717) is 11.6 Å². The Hall–Kier alpha value is -3.29. The third-order valence-electron chi connectivity index (χ3n) is 3.22. The van der Waals surface area contributed by atoms with E-state index >= 15 is 0 Å². The summed E-state index contributed by atoms with van der Waals surface area (Å²) in [6.07, 6.45) is 0. The molecular weight excluding hydrogens is 323 g/mol. The van der Waals surface area contributed by atoms with Crippen LogP contribution in [0.25, 0.3) is 10.9 Å². The molecule has 122 valence electrons. The summed E-state index contributed by atoms with van der Waals surface area (Å²) >= 11 is 0. The first-order valence-electron chi connectivity index (χ1n) is 6.78. The van der Waals surface area contributed by atoms with Gasteiger partial charge in [0.25, 0.3) is 0 Å². The SMILES string of the molecule is O=C(Nc1cc(=O)c2cc(F)ccc2[nH]1)Nc1ccc(F)cc1F. The minimum absolute atomic E-state index is 0.0409. The number of aromatic amines is 1. The Bertz CT molecular complexity index is 1000. The molecule has 2 aromatic carbocycles. The van der Waals surface area contributed by atoms with Crippen molar-refractivity contribution in [2.24, 2.45) is 0 Å². The van der Waals surface area contributed by atoms with Crippen molar-refractivity contribution in [3.05, 3.63) is 70.1 Å². The molecule has 1 aromatic heterocycles. The Morgan fingerprint density at radius 2 is 1.62 bits per heavy atom. The summed E-state index contributed by atoms with van der Waals surface area (Å²) in [4.78, 5) is 26.5. The smallest absolute Gasteiger partial charge is 0.324 e. The number of carbonyl (C=O) groups excluding carboxylic acids is 1. The Kier molecular flexibility index (Phi) is 3.95. The van der Waals surface area contributed by atoms with Crippen molar-refractivity contribution < 1.29 is 18.0 Å². The van der Waals surface area contributed by atoms with E-state index in [1.807, 2.05) is 0 Å². The number of H-pyrrole nitrogens is 1. The topological polar surface area (TPSA) is 74.0 Å². The van der Waals surface area contributed by atoms with Crippen LogP contribution in [0.1, 0.15) is 0 Å². The number of rotatable bonds is 2. The maximum Gasteiger partial charge on any atom is 0.324 e. The molecule has 0 aliphatic carbocycles. The first-order valence-corrected chi connectivity index (χ1v) is 6.78. The molecular formula is C16H10F3N3O2.